The van der Waals surface area contributed by atoms with Gasteiger partial charge in [0.25, 0.3) is 5.91 Å². The van der Waals surface area contributed by atoms with Gasteiger partial charge in [-0.15, -0.1) is 0 Å². The van der Waals surface area contributed by atoms with Gasteiger partial charge in [0.2, 0.25) is 0 Å². The zero-order chi connectivity index (χ0) is 20.6. The molecule has 146 valence electrons. The summed E-state index contributed by atoms with van der Waals surface area (Å²) in [5, 5.41) is 9.95. The van der Waals surface area contributed by atoms with Crippen molar-refractivity contribution in [3.63, 3.8) is 0 Å². The second-order valence-electron chi connectivity index (χ2n) is 7.55. The molecule has 0 aliphatic heterocycles. The standard InChI is InChI=1S/C17H22N4O4S2/c1-16(2,3)13(22)9-14(18)19-15(23)17(4,5)27(24,25)10-6-7-11-12(8-10)21-26-20-11/h6-9,22H,1-5H3,(H2,18,19,23)/b13-9-. The molecule has 0 fully saturated rings. The lowest BCUT2D eigenvalue weighted by Crippen LogP contribution is -2.40. The van der Waals surface area contributed by atoms with Gasteiger partial charge in [-0.3, -0.25) is 4.79 Å². The van der Waals surface area contributed by atoms with E-state index in [-0.39, 0.29) is 16.5 Å². The van der Waals surface area contributed by atoms with E-state index in [0.717, 1.165) is 17.8 Å². The number of aromatic nitrogens is 2. The van der Waals surface area contributed by atoms with Crippen LogP contribution in [0.15, 0.2) is 39.9 Å². The van der Waals surface area contributed by atoms with Crippen LogP contribution in [0.3, 0.4) is 0 Å². The van der Waals surface area contributed by atoms with Crippen LogP contribution in [0.4, 0.5) is 0 Å². The molecular formula is C17H22N4O4S2. The quantitative estimate of drug-likeness (QED) is 0.449. The number of carbonyl (C=O) groups excluding carboxylic acids is 1. The van der Waals surface area contributed by atoms with Crippen LogP contribution >= 0.6 is 11.7 Å². The Hall–Kier alpha value is -2.33. The fraction of sp³-hybridized carbons (Fsp3) is 0.412. The van der Waals surface area contributed by atoms with Crippen LogP contribution in [-0.2, 0) is 14.6 Å². The van der Waals surface area contributed by atoms with Gasteiger partial charge >= 0.3 is 0 Å². The molecule has 0 aliphatic carbocycles. The van der Waals surface area contributed by atoms with Crippen molar-refractivity contribution < 1.29 is 18.3 Å². The maximum Gasteiger partial charge on any atom is 0.268 e. The number of hydrogen-bond acceptors (Lipinski definition) is 7. The van der Waals surface area contributed by atoms with Crippen LogP contribution in [-0.4, -0.2) is 38.8 Å². The molecule has 2 rings (SSSR count). The number of aliphatic imine (C=N–C) groups is 1. The average Bonchev–Trinajstić information content (AvgIpc) is 3.00. The van der Waals surface area contributed by atoms with E-state index >= 15 is 0 Å². The van der Waals surface area contributed by atoms with Gasteiger partial charge in [0.15, 0.2) is 14.6 Å². The molecule has 8 nitrogen and oxygen atoms in total. The predicted molar refractivity (Wildman–Crippen MR) is 105 cm³/mol. The van der Waals surface area contributed by atoms with Crippen molar-refractivity contribution in [2.24, 2.45) is 16.1 Å². The van der Waals surface area contributed by atoms with Crippen molar-refractivity contribution in [1.82, 2.24) is 8.75 Å². The SMILES string of the molecule is CC(C)(C)/C(O)=C/C(N)=NC(=O)C(C)(C)S(=O)(=O)c1ccc2nsnc2c1. The molecule has 0 atom stereocenters. The number of aliphatic hydroxyl groups excluding tert-OH is 1. The molecule has 10 heteroatoms. The van der Waals surface area contributed by atoms with Crippen LogP contribution in [0.25, 0.3) is 11.0 Å². The monoisotopic (exact) mass is 410 g/mol. The third-order valence-electron chi connectivity index (χ3n) is 4.01. The highest BCUT2D eigenvalue weighted by molar-refractivity contribution is 7.93. The Balaban J connectivity index is 2.40. The Bertz CT molecular complexity index is 1040. The Kier molecular flexibility index (Phi) is 5.44. The number of nitrogens with two attached hydrogens (primary N) is 1. The number of aliphatic hydroxyl groups is 1. The molecule has 0 saturated heterocycles. The van der Waals surface area contributed by atoms with Crippen LogP contribution < -0.4 is 5.73 Å². The number of nitrogens with zero attached hydrogens (tertiary/aromatic N) is 3. The first-order chi connectivity index (χ1) is 12.3. The predicted octanol–water partition coefficient (Wildman–Crippen LogP) is 2.62. The van der Waals surface area contributed by atoms with E-state index in [1.807, 2.05) is 0 Å². The normalized spacial score (nSPS) is 14.6. The van der Waals surface area contributed by atoms with Crippen LogP contribution in [0.1, 0.15) is 34.6 Å². The van der Waals surface area contributed by atoms with Gasteiger partial charge in [-0.2, -0.15) is 13.7 Å². The summed E-state index contributed by atoms with van der Waals surface area (Å²) in [6.07, 6.45) is 1.15. The molecule has 1 aromatic carbocycles. The van der Waals surface area contributed by atoms with E-state index in [0.29, 0.717) is 11.0 Å². The van der Waals surface area contributed by atoms with Crippen molar-refractivity contribution in [2.75, 3.05) is 0 Å². The lowest BCUT2D eigenvalue weighted by Gasteiger charge is -2.21. The Morgan fingerprint density at radius 3 is 2.37 bits per heavy atom. The number of benzene rings is 1. The van der Waals surface area contributed by atoms with E-state index < -0.39 is 25.9 Å². The Labute approximate surface area is 162 Å². The average molecular weight is 411 g/mol. The molecule has 0 unspecified atom stereocenters. The number of carbonyl (C=O) groups is 1. The largest absolute Gasteiger partial charge is 0.512 e. The fourth-order valence-corrected chi connectivity index (χ4v) is 3.88. The number of hydrogen-bond donors (Lipinski definition) is 2. The molecule has 27 heavy (non-hydrogen) atoms. The molecule has 2 aromatic rings. The highest BCUT2D eigenvalue weighted by Crippen LogP contribution is 2.29. The Morgan fingerprint density at radius 1 is 1.19 bits per heavy atom. The highest BCUT2D eigenvalue weighted by atomic mass is 32.2. The van der Waals surface area contributed by atoms with Crippen LogP contribution in [0.5, 0.6) is 0 Å². The molecule has 1 amide bonds. The summed E-state index contributed by atoms with van der Waals surface area (Å²) in [6.45, 7) is 7.79. The van der Waals surface area contributed by atoms with E-state index in [1.165, 1.54) is 32.0 Å². The molecule has 0 bridgehead atoms. The molecule has 0 aliphatic rings. The first kappa shape index (κ1) is 21.0. The van der Waals surface area contributed by atoms with Gasteiger partial charge in [0.05, 0.1) is 16.6 Å². The molecule has 0 spiro atoms. The van der Waals surface area contributed by atoms with Gasteiger partial charge in [0.1, 0.15) is 22.6 Å². The molecular weight excluding hydrogens is 388 g/mol. The molecule has 3 N–H and O–H groups in total. The number of amidine groups is 1. The Morgan fingerprint density at radius 2 is 1.78 bits per heavy atom. The summed E-state index contributed by atoms with van der Waals surface area (Å²) in [7, 11) is -4.07. The van der Waals surface area contributed by atoms with E-state index in [4.69, 9.17) is 5.73 Å². The molecule has 0 saturated carbocycles. The summed E-state index contributed by atoms with van der Waals surface area (Å²) in [5.41, 5.74) is 6.12. The summed E-state index contributed by atoms with van der Waals surface area (Å²) < 4.78 is 32.2. The zero-order valence-corrected chi connectivity index (χ0v) is 17.3. The third kappa shape index (κ3) is 4.16. The maximum atomic E-state index is 13.0. The van der Waals surface area contributed by atoms with Gasteiger partial charge in [-0.25, -0.2) is 8.42 Å². The second-order valence-corrected chi connectivity index (χ2v) is 10.6. The first-order valence-corrected chi connectivity index (χ1v) is 10.2. The zero-order valence-electron chi connectivity index (χ0n) is 15.7. The maximum absolute atomic E-state index is 13.0. The number of rotatable bonds is 4. The van der Waals surface area contributed by atoms with Crippen LogP contribution in [0.2, 0.25) is 0 Å². The molecule has 1 aromatic heterocycles. The van der Waals surface area contributed by atoms with Gasteiger partial charge in [-0.05, 0) is 32.0 Å². The first-order valence-electron chi connectivity index (χ1n) is 8.03. The number of amides is 1. The minimum absolute atomic E-state index is 0.0529. The molecule has 0 radical (unpaired) electrons. The van der Waals surface area contributed by atoms with E-state index in [9.17, 15) is 18.3 Å². The summed E-state index contributed by atoms with van der Waals surface area (Å²) in [5.74, 6) is -1.27. The number of fused-ring (bicyclic) bond motifs is 1. The van der Waals surface area contributed by atoms with Crippen molar-refractivity contribution in [3.8, 4) is 0 Å². The van der Waals surface area contributed by atoms with Crippen molar-refractivity contribution in [2.45, 2.75) is 44.3 Å². The smallest absolute Gasteiger partial charge is 0.268 e. The summed E-state index contributed by atoms with van der Waals surface area (Å²) >= 11 is 0.972. The van der Waals surface area contributed by atoms with Gasteiger partial charge < -0.3 is 10.8 Å². The topological polar surface area (TPSA) is 136 Å². The van der Waals surface area contributed by atoms with E-state index in [1.54, 1.807) is 20.8 Å². The van der Waals surface area contributed by atoms with Crippen molar-refractivity contribution in [1.29, 1.82) is 0 Å². The lowest BCUT2D eigenvalue weighted by atomic mass is 9.93. The van der Waals surface area contributed by atoms with Crippen LogP contribution in [0, 0.1) is 5.41 Å². The fourth-order valence-electron chi connectivity index (χ4n) is 1.98. The number of allylic oxidation sites excluding steroid dienone is 1. The van der Waals surface area contributed by atoms with Gasteiger partial charge in [-0.1, -0.05) is 20.8 Å². The van der Waals surface area contributed by atoms with Crippen molar-refractivity contribution >= 4 is 44.3 Å². The highest BCUT2D eigenvalue weighted by Gasteiger charge is 2.43. The molecule has 1 heterocycles. The van der Waals surface area contributed by atoms with Crippen molar-refractivity contribution in [3.05, 3.63) is 30.0 Å². The minimum Gasteiger partial charge on any atom is -0.512 e. The second kappa shape index (κ2) is 7.01. The van der Waals surface area contributed by atoms with E-state index in [2.05, 4.69) is 13.7 Å². The summed E-state index contributed by atoms with van der Waals surface area (Å²) in [4.78, 5) is 16.2. The lowest BCUT2D eigenvalue weighted by molar-refractivity contribution is -0.119. The summed E-state index contributed by atoms with van der Waals surface area (Å²) in [6, 6.07) is 4.29. The third-order valence-corrected chi connectivity index (χ3v) is 6.96. The minimum atomic E-state index is -4.07. The number of sulfone groups is 1. The van der Waals surface area contributed by atoms with Gasteiger partial charge in [0, 0.05) is 11.5 Å².